The van der Waals surface area contributed by atoms with Gasteiger partial charge in [0.15, 0.2) is 5.78 Å². The maximum Gasteiger partial charge on any atom is 0.321 e. The van der Waals surface area contributed by atoms with Crippen molar-refractivity contribution >= 4 is 17.5 Å². The fourth-order valence-corrected chi connectivity index (χ4v) is 3.13. The lowest BCUT2D eigenvalue weighted by molar-refractivity contribution is 0.0859. The van der Waals surface area contributed by atoms with E-state index in [2.05, 4.69) is 5.32 Å². The SMILES string of the molecule is COc1ccccc1NC(=O)N1CCC(C(=O)c2ccccc2)CC1. The molecule has 0 aliphatic carbocycles. The van der Waals surface area contributed by atoms with Crippen LogP contribution in [0.15, 0.2) is 54.6 Å². The molecule has 2 amide bonds. The Kier molecular flexibility index (Phi) is 5.33. The third-order valence-electron chi connectivity index (χ3n) is 4.56. The molecule has 130 valence electrons. The van der Waals surface area contributed by atoms with Gasteiger partial charge in [0.2, 0.25) is 0 Å². The van der Waals surface area contributed by atoms with Crippen molar-refractivity contribution in [3.8, 4) is 5.75 Å². The Labute approximate surface area is 147 Å². The molecule has 0 unspecified atom stereocenters. The minimum atomic E-state index is -0.157. The van der Waals surface area contributed by atoms with E-state index in [1.54, 1.807) is 18.1 Å². The number of para-hydroxylation sites is 2. The van der Waals surface area contributed by atoms with Crippen molar-refractivity contribution in [2.75, 3.05) is 25.5 Å². The van der Waals surface area contributed by atoms with Crippen molar-refractivity contribution in [1.82, 2.24) is 4.90 Å². The number of nitrogens with one attached hydrogen (secondary N) is 1. The number of carbonyl (C=O) groups is 2. The van der Waals surface area contributed by atoms with E-state index < -0.39 is 0 Å². The Morgan fingerprint density at radius 1 is 1.00 bits per heavy atom. The van der Waals surface area contributed by atoms with Gasteiger partial charge >= 0.3 is 6.03 Å². The summed E-state index contributed by atoms with van der Waals surface area (Å²) in [5, 5.41) is 2.88. The van der Waals surface area contributed by atoms with Crippen molar-refractivity contribution < 1.29 is 14.3 Å². The molecule has 2 aromatic rings. The molecule has 0 radical (unpaired) electrons. The number of Topliss-reactive ketones (excluding diaryl/α,β-unsaturated/α-hetero) is 1. The van der Waals surface area contributed by atoms with E-state index in [1.807, 2.05) is 48.5 Å². The van der Waals surface area contributed by atoms with Crippen molar-refractivity contribution in [2.24, 2.45) is 5.92 Å². The molecule has 3 rings (SSSR count). The first-order chi connectivity index (χ1) is 12.2. The molecule has 25 heavy (non-hydrogen) atoms. The summed E-state index contributed by atoms with van der Waals surface area (Å²) in [5.74, 6) is 0.785. The lowest BCUT2D eigenvalue weighted by Crippen LogP contribution is -2.42. The van der Waals surface area contributed by atoms with E-state index >= 15 is 0 Å². The standard InChI is InChI=1S/C20H22N2O3/c1-25-18-10-6-5-9-17(18)21-20(24)22-13-11-16(12-14-22)19(23)15-7-3-2-4-8-15/h2-10,16H,11-14H2,1H3,(H,21,24). The molecule has 0 aromatic heterocycles. The molecular formula is C20H22N2O3. The Morgan fingerprint density at radius 2 is 1.64 bits per heavy atom. The van der Waals surface area contributed by atoms with E-state index in [0.717, 1.165) is 5.56 Å². The fraction of sp³-hybridized carbons (Fsp3) is 0.300. The van der Waals surface area contributed by atoms with E-state index in [9.17, 15) is 9.59 Å². The number of hydrogen-bond acceptors (Lipinski definition) is 3. The lowest BCUT2D eigenvalue weighted by Gasteiger charge is -2.31. The maximum absolute atomic E-state index is 12.5. The number of rotatable bonds is 4. The predicted octanol–water partition coefficient (Wildman–Crippen LogP) is 3.82. The average Bonchev–Trinajstić information content (AvgIpc) is 2.68. The van der Waals surface area contributed by atoms with Crippen LogP contribution in [0.2, 0.25) is 0 Å². The van der Waals surface area contributed by atoms with Crippen LogP contribution in [0, 0.1) is 5.92 Å². The second-order valence-corrected chi connectivity index (χ2v) is 6.12. The number of benzene rings is 2. The van der Waals surface area contributed by atoms with Crippen molar-refractivity contribution in [3.05, 3.63) is 60.2 Å². The predicted molar refractivity (Wildman–Crippen MR) is 97.1 cm³/mol. The van der Waals surface area contributed by atoms with E-state index in [0.29, 0.717) is 37.4 Å². The van der Waals surface area contributed by atoms with Crippen molar-refractivity contribution in [2.45, 2.75) is 12.8 Å². The van der Waals surface area contributed by atoms with Gasteiger partial charge in [-0.15, -0.1) is 0 Å². The summed E-state index contributed by atoms with van der Waals surface area (Å²) in [7, 11) is 1.58. The Morgan fingerprint density at radius 3 is 2.32 bits per heavy atom. The average molecular weight is 338 g/mol. The molecule has 1 fully saturated rings. The molecule has 1 heterocycles. The Bertz CT molecular complexity index is 738. The number of ether oxygens (including phenoxy) is 1. The summed E-state index contributed by atoms with van der Waals surface area (Å²) in [6.07, 6.45) is 1.38. The first-order valence-electron chi connectivity index (χ1n) is 8.47. The van der Waals surface area contributed by atoms with Crippen LogP contribution in [0.1, 0.15) is 23.2 Å². The molecule has 1 aliphatic heterocycles. The number of nitrogens with zero attached hydrogens (tertiary/aromatic N) is 1. The smallest absolute Gasteiger partial charge is 0.321 e. The van der Waals surface area contributed by atoms with Crippen LogP contribution in [0.25, 0.3) is 0 Å². The maximum atomic E-state index is 12.5. The highest BCUT2D eigenvalue weighted by molar-refractivity contribution is 5.98. The quantitative estimate of drug-likeness (QED) is 0.862. The van der Waals surface area contributed by atoms with Gasteiger partial charge in [0.05, 0.1) is 12.8 Å². The fourth-order valence-electron chi connectivity index (χ4n) is 3.13. The molecular weight excluding hydrogens is 316 g/mol. The second kappa shape index (κ2) is 7.83. The number of methoxy groups -OCH3 is 1. The van der Waals surface area contributed by atoms with Gasteiger partial charge in [0.25, 0.3) is 0 Å². The van der Waals surface area contributed by atoms with Crippen LogP contribution in [-0.4, -0.2) is 36.9 Å². The van der Waals surface area contributed by atoms with Crippen molar-refractivity contribution in [1.29, 1.82) is 0 Å². The summed E-state index contributed by atoms with van der Waals surface area (Å²) in [4.78, 5) is 26.7. The third kappa shape index (κ3) is 3.99. The summed E-state index contributed by atoms with van der Waals surface area (Å²) >= 11 is 0. The highest BCUT2D eigenvalue weighted by atomic mass is 16.5. The molecule has 0 spiro atoms. The van der Waals surface area contributed by atoms with Gasteiger partial charge in [-0.1, -0.05) is 42.5 Å². The van der Waals surface area contributed by atoms with Gasteiger partial charge in [0.1, 0.15) is 5.75 Å². The third-order valence-corrected chi connectivity index (χ3v) is 4.56. The van der Waals surface area contributed by atoms with Crippen LogP contribution in [-0.2, 0) is 0 Å². The number of anilines is 1. The summed E-state index contributed by atoms with van der Waals surface area (Å²) < 4.78 is 5.25. The summed E-state index contributed by atoms with van der Waals surface area (Å²) in [6, 6.07) is 16.5. The van der Waals surface area contributed by atoms with Crippen LogP contribution in [0.4, 0.5) is 10.5 Å². The first-order valence-corrected chi connectivity index (χ1v) is 8.47. The molecule has 5 nitrogen and oxygen atoms in total. The highest BCUT2D eigenvalue weighted by Crippen LogP contribution is 2.25. The summed E-state index contributed by atoms with van der Waals surface area (Å²) in [6.45, 7) is 1.15. The number of piperidine rings is 1. The topological polar surface area (TPSA) is 58.6 Å². The van der Waals surface area contributed by atoms with Gasteiger partial charge in [0, 0.05) is 24.6 Å². The number of carbonyl (C=O) groups excluding carboxylic acids is 2. The molecule has 1 saturated heterocycles. The number of hydrogen-bond donors (Lipinski definition) is 1. The highest BCUT2D eigenvalue weighted by Gasteiger charge is 2.28. The number of ketones is 1. The minimum Gasteiger partial charge on any atom is -0.495 e. The van der Waals surface area contributed by atoms with Crippen LogP contribution < -0.4 is 10.1 Å². The molecule has 1 aliphatic rings. The zero-order chi connectivity index (χ0) is 17.6. The van der Waals surface area contributed by atoms with Crippen LogP contribution in [0.3, 0.4) is 0 Å². The van der Waals surface area contributed by atoms with Gasteiger partial charge in [-0.25, -0.2) is 4.79 Å². The molecule has 0 saturated carbocycles. The minimum absolute atomic E-state index is 0.0160. The lowest BCUT2D eigenvalue weighted by atomic mass is 9.89. The molecule has 2 aromatic carbocycles. The normalized spacial score (nSPS) is 14.8. The van der Waals surface area contributed by atoms with Gasteiger partial charge in [-0.2, -0.15) is 0 Å². The number of amides is 2. The zero-order valence-corrected chi connectivity index (χ0v) is 14.3. The largest absolute Gasteiger partial charge is 0.495 e. The molecule has 0 bridgehead atoms. The van der Waals surface area contributed by atoms with E-state index in [4.69, 9.17) is 4.74 Å². The van der Waals surface area contributed by atoms with Gasteiger partial charge < -0.3 is 15.0 Å². The van der Waals surface area contributed by atoms with E-state index in [-0.39, 0.29) is 17.7 Å². The summed E-state index contributed by atoms with van der Waals surface area (Å²) in [5.41, 5.74) is 1.40. The van der Waals surface area contributed by atoms with Crippen LogP contribution >= 0.6 is 0 Å². The molecule has 1 N–H and O–H groups in total. The van der Waals surface area contributed by atoms with Crippen molar-refractivity contribution in [3.63, 3.8) is 0 Å². The monoisotopic (exact) mass is 338 g/mol. The first kappa shape index (κ1) is 17.0. The Hall–Kier alpha value is -2.82. The number of likely N-dealkylation sites (tertiary alicyclic amines) is 1. The zero-order valence-electron chi connectivity index (χ0n) is 14.3. The molecule has 0 atom stereocenters. The second-order valence-electron chi connectivity index (χ2n) is 6.12. The van der Waals surface area contributed by atoms with E-state index in [1.165, 1.54) is 0 Å². The number of urea groups is 1. The molecule has 5 heteroatoms. The van der Waals surface area contributed by atoms with Gasteiger partial charge in [-0.3, -0.25) is 4.79 Å². The Balaban J connectivity index is 1.57. The van der Waals surface area contributed by atoms with Gasteiger partial charge in [-0.05, 0) is 25.0 Å². The van der Waals surface area contributed by atoms with Crippen LogP contribution in [0.5, 0.6) is 5.75 Å².